The van der Waals surface area contributed by atoms with Gasteiger partial charge in [-0.1, -0.05) is 128 Å². The molecule has 0 radical (unpaired) electrons. The van der Waals surface area contributed by atoms with Gasteiger partial charge in [-0.2, -0.15) is 5.26 Å². The SMILES string of the molecule is CCCCCCOc1ccc(-c2ccc(N(c3ccc(OCCCCCC)cc3)c3ccc(-c4cc5c(s4)-c4sc(/C=C(/C#N)C(=O)O)cc4C5(CCCC)CCCC)cc3)cc2)cc1. The van der Waals surface area contributed by atoms with Crippen molar-refractivity contribution in [2.24, 2.45) is 0 Å². The van der Waals surface area contributed by atoms with Gasteiger partial charge in [0, 0.05) is 42.0 Å². The topological polar surface area (TPSA) is 82.8 Å². The number of rotatable bonds is 25. The quantitative estimate of drug-likeness (QED) is 0.0350. The van der Waals surface area contributed by atoms with Gasteiger partial charge in [0.15, 0.2) is 0 Å². The molecule has 6 nitrogen and oxygen atoms in total. The largest absolute Gasteiger partial charge is 0.494 e. The number of fused-ring (bicyclic) bond motifs is 3. The fourth-order valence-electron chi connectivity index (χ4n) is 9.01. The lowest BCUT2D eigenvalue weighted by Gasteiger charge is -2.31. The zero-order valence-corrected chi connectivity index (χ0v) is 40.3. The van der Waals surface area contributed by atoms with Crippen LogP contribution in [0.25, 0.3) is 37.4 Å². The second kappa shape index (κ2) is 23.0. The number of hydrogen-bond donors (Lipinski definition) is 1. The monoisotopic (exact) mass is 904 g/mol. The Balaban J connectivity index is 1.19. The summed E-state index contributed by atoms with van der Waals surface area (Å²) in [6.07, 6.45) is 17.5. The average Bonchev–Trinajstić information content (AvgIpc) is 4.03. The van der Waals surface area contributed by atoms with E-state index in [1.807, 2.05) is 17.4 Å². The Morgan fingerprint density at radius 1 is 0.600 bits per heavy atom. The van der Waals surface area contributed by atoms with Crippen LogP contribution in [0.2, 0.25) is 0 Å². The molecule has 65 heavy (non-hydrogen) atoms. The van der Waals surface area contributed by atoms with Crippen molar-refractivity contribution in [3.8, 4) is 48.9 Å². The summed E-state index contributed by atoms with van der Waals surface area (Å²) in [6, 6.07) is 41.1. The maximum atomic E-state index is 11.8. The van der Waals surface area contributed by atoms with E-state index in [0.717, 1.165) is 109 Å². The van der Waals surface area contributed by atoms with Crippen molar-refractivity contribution >= 4 is 51.8 Å². The summed E-state index contributed by atoms with van der Waals surface area (Å²) in [5, 5.41) is 19.2. The molecule has 1 N–H and O–H groups in total. The van der Waals surface area contributed by atoms with E-state index < -0.39 is 5.97 Å². The zero-order valence-electron chi connectivity index (χ0n) is 38.7. The molecule has 6 aromatic rings. The van der Waals surface area contributed by atoms with Crippen molar-refractivity contribution in [1.29, 1.82) is 5.26 Å². The first-order valence-electron chi connectivity index (χ1n) is 23.9. The summed E-state index contributed by atoms with van der Waals surface area (Å²) in [7, 11) is 0. The maximum Gasteiger partial charge on any atom is 0.346 e. The Labute approximate surface area is 395 Å². The molecule has 0 unspecified atom stereocenters. The number of aliphatic carboxylic acids is 1. The van der Waals surface area contributed by atoms with Gasteiger partial charge in [0.05, 0.1) is 13.2 Å². The second-order valence-corrected chi connectivity index (χ2v) is 19.4. The molecular weight excluding hydrogens is 841 g/mol. The smallest absolute Gasteiger partial charge is 0.346 e. The number of unbranched alkanes of at least 4 members (excludes halogenated alkanes) is 8. The molecular formula is C57H64N2O4S2. The summed E-state index contributed by atoms with van der Waals surface area (Å²) in [6.45, 7) is 10.4. The Morgan fingerprint density at radius 2 is 1.05 bits per heavy atom. The van der Waals surface area contributed by atoms with E-state index in [-0.39, 0.29) is 11.0 Å². The van der Waals surface area contributed by atoms with Crippen LogP contribution in [-0.4, -0.2) is 24.3 Å². The minimum Gasteiger partial charge on any atom is -0.494 e. The van der Waals surface area contributed by atoms with E-state index in [4.69, 9.17) is 9.47 Å². The lowest BCUT2D eigenvalue weighted by atomic mass is 9.71. The molecule has 2 heterocycles. The number of hydrogen-bond acceptors (Lipinski definition) is 7. The van der Waals surface area contributed by atoms with Gasteiger partial charge in [-0.05, 0) is 132 Å². The first kappa shape index (κ1) is 47.3. The molecule has 338 valence electrons. The number of carboxylic acid groups (broad SMARTS) is 1. The van der Waals surface area contributed by atoms with Crippen LogP contribution < -0.4 is 14.4 Å². The summed E-state index contributed by atoms with van der Waals surface area (Å²) in [5.41, 5.74) is 8.96. The van der Waals surface area contributed by atoms with Gasteiger partial charge < -0.3 is 19.5 Å². The third-order valence-corrected chi connectivity index (χ3v) is 15.1. The lowest BCUT2D eigenvalue weighted by Crippen LogP contribution is -2.24. The van der Waals surface area contributed by atoms with Crippen molar-refractivity contribution in [2.75, 3.05) is 18.1 Å². The molecule has 0 saturated carbocycles. The Morgan fingerprint density at radius 3 is 1.54 bits per heavy atom. The molecule has 0 spiro atoms. The van der Waals surface area contributed by atoms with Crippen molar-refractivity contribution in [1.82, 2.24) is 0 Å². The minimum atomic E-state index is -1.19. The van der Waals surface area contributed by atoms with Crippen LogP contribution in [0.5, 0.6) is 11.5 Å². The second-order valence-electron chi connectivity index (χ2n) is 17.3. The number of anilines is 3. The molecule has 2 aromatic heterocycles. The molecule has 0 aliphatic heterocycles. The average molecular weight is 905 g/mol. The van der Waals surface area contributed by atoms with E-state index in [0.29, 0.717) is 0 Å². The third-order valence-electron chi connectivity index (χ3n) is 12.6. The number of ether oxygens (including phenoxy) is 2. The van der Waals surface area contributed by atoms with Crippen LogP contribution >= 0.6 is 22.7 Å². The number of carbonyl (C=O) groups is 1. The number of nitrogens with zero attached hydrogens (tertiary/aromatic N) is 2. The molecule has 0 atom stereocenters. The van der Waals surface area contributed by atoms with E-state index in [1.54, 1.807) is 17.4 Å². The Hall–Kier alpha value is -5.62. The van der Waals surface area contributed by atoms with Gasteiger partial charge in [-0.3, -0.25) is 0 Å². The highest BCUT2D eigenvalue weighted by molar-refractivity contribution is 7.24. The maximum absolute atomic E-state index is 11.8. The van der Waals surface area contributed by atoms with Gasteiger partial charge in [-0.25, -0.2) is 4.79 Å². The third kappa shape index (κ3) is 11.3. The molecule has 0 fully saturated rings. The van der Waals surface area contributed by atoms with Gasteiger partial charge in [0.2, 0.25) is 0 Å². The van der Waals surface area contributed by atoms with Crippen molar-refractivity contribution in [3.05, 3.63) is 131 Å². The van der Waals surface area contributed by atoms with E-state index in [9.17, 15) is 15.2 Å². The highest BCUT2D eigenvalue weighted by atomic mass is 32.1. The zero-order chi connectivity index (χ0) is 45.6. The highest BCUT2D eigenvalue weighted by Crippen LogP contribution is 2.61. The molecule has 0 bridgehead atoms. The van der Waals surface area contributed by atoms with Crippen LogP contribution in [0.1, 0.15) is 134 Å². The van der Waals surface area contributed by atoms with Crippen LogP contribution in [-0.2, 0) is 10.2 Å². The Bertz CT molecular complexity index is 2520. The fourth-order valence-corrected chi connectivity index (χ4v) is 11.6. The predicted octanol–water partition coefficient (Wildman–Crippen LogP) is 17.2. The van der Waals surface area contributed by atoms with Gasteiger partial charge in [0.25, 0.3) is 0 Å². The lowest BCUT2D eigenvalue weighted by molar-refractivity contribution is -0.132. The molecule has 1 aliphatic carbocycles. The van der Waals surface area contributed by atoms with Crippen LogP contribution in [0.15, 0.2) is 115 Å². The van der Waals surface area contributed by atoms with Gasteiger partial charge >= 0.3 is 5.97 Å². The molecule has 0 amide bonds. The highest BCUT2D eigenvalue weighted by Gasteiger charge is 2.45. The van der Waals surface area contributed by atoms with Crippen molar-refractivity contribution < 1.29 is 19.4 Å². The number of benzene rings is 4. The summed E-state index contributed by atoms with van der Waals surface area (Å²) >= 11 is 3.45. The van der Waals surface area contributed by atoms with Gasteiger partial charge in [0.1, 0.15) is 23.1 Å². The van der Waals surface area contributed by atoms with E-state index in [2.05, 4.69) is 142 Å². The molecule has 4 aromatic carbocycles. The number of carboxylic acids is 1. The minimum absolute atomic E-state index is 0.137. The number of nitriles is 1. The van der Waals surface area contributed by atoms with Crippen LogP contribution in [0, 0.1) is 11.3 Å². The van der Waals surface area contributed by atoms with Crippen molar-refractivity contribution in [3.63, 3.8) is 0 Å². The summed E-state index contributed by atoms with van der Waals surface area (Å²) < 4.78 is 12.2. The fraction of sp³-hybridized carbons (Fsp3) is 0.368. The molecule has 0 saturated heterocycles. The predicted molar refractivity (Wildman–Crippen MR) is 274 cm³/mol. The van der Waals surface area contributed by atoms with Crippen LogP contribution in [0.4, 0.5) is 17.1 Å². The molecule has 7 rings (SSSR count). The summed E-state index contributed by atoms with van der Waals surface area (Å²) in [4.78, 5) is 18.7. The number of thiophene rings is 2. The molecule has 8 heteroatoms. The van der Waals surface area contributed by atoms with E-state index >= 15 is 0 Å². The standard InChI is InChI=1S/C57H64N2O4S2/c1-5-9-13-15-35-62-48-29-21-42(22-30-48)41-17-23-45(24-18-41)59(47-27-31-49(32-28-47)63-36-16-14-10-6-2)46-25-19-43(20-26-46)53-39-52-55(65-53)54-51(57(52,33-11-7-3)34-12-8-4)38-50(64-54)37-44(40-58)56(60)61/h17-32,37-39H,5-16,33-36H2,1-4H3,(H,60,61)/b44-37-. The normalized spacial score (nSPS) is 12.7. The van der Waals surface area contributed by atoms with Gasteiger partial charge in [-0.15, -0.1) is 22.7 Å². The van der Waals surface area contributed by atoms with Crippen LogP contribution in [0.3, 0.4) is 0 Å². The summed E-state index contributed by atoms with van der Waals surface area (Å²) in [5.74, 6) is 0.602. The first-order chi connectivity index (χ1) is 31.8. The molecule has 1 aliphatic rings. The Kier molecular flexibility index (Phi) is 16.8. The van der Waals surface area contributed by atoms with E-state index in [1.165, 1.54) is 69.8 Å². The first-order valence-corrected chi connectivity index (χ1v) is 25.6. The van der Waals surface area contributed by atoms with Crippen molar-refractivity contribution in [2.45, 2.75) is 123 Å².